The van der Waals surface area contributed by atoms with Gasteiger partial charge in [0, 0.05) is 12.6 Å². The summed E-state index contributed by atoms with van der Waals surface area (Å²) in [5.74, 6) is -1.91. The fraction of sp³-hybridized carbons (Fsp3) is 0.625. The maximum absolute atomic E-state index is 12.2. The molecule has 3 aliphatic heterocycles. The minimum Gasteiger partial charge on any atom is -0.477 e. The van der Waals surface area contributed by atoms with Crippen LogP contribution in [0, 0.1) is 5.92 Å². The maximum atomic E-state index is 12.2. The first-order valence-corrected chi connectivity index (χ1v) is 7.89. The number of aliphatic hydroxyl groups is 1. The Hall–Kier alpha value is -1.70. The van der Waals surface area contributed by atoms with Crippen molar-refractivity contribution < 1.29 is 24.5 Å². The van der Waals surface area contributed by atoms with E-state index in [2.05, 4.69) is 5.32 Å². The van der Waals surface area contributed by atoms with Crippen LogP contribution in [0.5, 0.6) is 0 Å². The third kappa shape index (κ3) is 2.69. The molecule has 3 aliphatic rings. The van der Waals surface area contributed by atoms with E-state index in [1.165, 1.54) is 4.90 Å². The molecule has 3 N–H and O–H groups in total. The Morgan fingerprint density at radius 2 is 2.26 bits per heavy atom. The number of β-lactam (4-membered cyclic amide) rings is 1. The molecule has 0 saturated carbocycles. The molecule has 0 unspecified atom stereocenters. The Bertz CT molecular complexity index is 589. The summed E-state index contributed by atoms with van der Waals surface area (Å²) in [5.41, 5.74) is 1.57. The lowest BCUT2D eigenvalue weighted by Crippen LogP contribution is -2.61. The van der Waals surface area contributed by atoms with Crippen LogP contribution in [-0.4, -0.2) is 64.9 Å². The highest BCUT2D eigenvalue weighted by Gasteiger charge is 2.56. The quantitative estimate of drug-likeness (QED) is 0.624. The summed E-state index contributed by atoms with van der Waals surface area (Å²) in [6, 6.07) is -0.203. The van der Waals surface area contributed by atoms with Crippen LogP contribution in [-0.2, 0) is 14.3 Å². The summed E-state index contributed by atoms with van der Waals surface area (Å²) in [7, 11) is 0. The molecule has 0 aromatic rings. The maximum Gasteiger partial charge on any atom is 0.352 e. The zero-order valence-corrected chi connectivity index (χ0v) is 13.3. The number of ether oxygens (including phenoxy) is 1. The van der Waals surface area contributed by atoms with E-state index in [1.54, 1.807) is 6.92 Å². The molecule has 1 amide bonds. The molecule has 0 aromatic carbocycles. The van der Waals surface area contributed by atoms with E-state index in [0.29, 0.717) is 25.2 Å². The van der Waals surface area contributed by atoms with Crippen molar-refractivity contribution in [3.63, 3.8) is 0 Å². The first-order valence-electron chi connectivity index (χ1n) is 7.89. The number of nitrogens with zero attached hydrogens (tertiary/aromatic N) is 1. The Kier molecular flexibility index (Phi) is 4.27. The average Bonchev–Trinajstić information content (AvgIpc) is 2.83. The van der Waals surface area contributed by atoms with Gasteiger partial charge in [-0.3, -0.25) is 4.79 Å². The van der Waals surface area contributed by atoms with Gasteiger partial charge < -0.3 is 25.2 Å². The van der Waals surface area contributed by atoms with Crippen molar-refractivity contribution in [2.45, 2.75) is 38.5 Å². The Balaban J connectivity index is 1.87. The van der Waals surface area contributed by atoms with Gasteiger partial charge in [-0.1, -0.05) is 6.08 Å². The normalized spacial score (nSPS) is 32.7. The number of carboxylic acids is 1. The van der Waals surface area contributed by atoms with E-state index in [-0.39, 0.29) is 23.7 Å². The molecule has 0 spiro atoms. The van der Waals surface area contributed by atoms with Crippen LogP contribution in [0.3, 0.4) is 0 Å². The fourth-order valence-corrected chi connectivity index (χ4v) is 3.72. The number of nitrogens with one attached hydrogen (secondary N) is 1. The molecule has 4 atom stereocenters. The number of fused-ring (bicyclic) bond motifs is 1. The van der Waals surface area contributed by atoms with Crippen molar-refractivity contribution >= 4 is 11.9 Å². The lowest BCUT2D eigenvalue weighted by molar-refractivity contribution is -0.161. The third-order valence-corrected chi connectivity index (χ3v) is 4.81. The van der Waals surface area contributed by atoms with E-state index < -0.39 is 18.0 Å². The standard InChI is InChI=1S/C16H22N2O5/c1-8(5-10-7-23-4-3-17-10)11-6-12-13(9(2)19)15(20)18(12)14(11)16(21)22/h5,9-10,12-13,17,19H,3-4,6-7H2,1-2H3,(H,21,22)/t9-,10-,12-,13-/m1/s1. The van der Waals surface area contributed by atoms with Crippen LogP contribution in [0.4, 0.5) is 0 Å². The van der Waals surface area contributed by atoms with Crippen LogP contribution >= 0.6 is 0 Å². The summed E-state index contributed by atoms with van der Waals surface area (Å²) in [6.45, 7) is 5.42. The fourth-order valence-electron chi connectivity index (χ4n) is 3.72. The molecular weight excluding hydrogens is 300 g/mol. The molecule has 0 aromatic heterocycles. The summed E-state index contributed by atoms with van der Waals surface area (Å²) in [4.78, 5) is 25.1. The molecule has 7 heteroatoms. The molecule has 0 bridgehead atoms. The first-order chi connectivity index (χ1) is 10.9. The Morgan fingerprint density at radius 1 is 1.52 bits per heavy atom. The summed E-state index contributed by atoms with van der Waals surface area (Å²) >= 11 is 0. The predicted molar refractivity (Wildman–Crippen MR) is 81.5 cm³/mol. The van der Waals surface area contributed by atoms with Gasteiger partial charge >= 0.3 is 5.97 Å². The van der Waals surface area contributed by atoms with Gasteiger partial charge in [0.05, 0.1) is 31.3 Å². The average molecular weight is 322 g/mol. The van der Waals surface area contributed by atoms with Crippen LogP contribution < -0.4 is 5.32 Å². The van der Waals surface area contributed by atoms with Crippen LogP contribution in [0.25, 0.3) is 0 Å². The van der Waals surface area contributed by atoms with E-state index in [0.717, 1.165) is 12.1 Å². The highest BCUT2D eigenvalue weighted by molar-refractivity contribution is 6.00. The molecule has 3 heterocycles. The number of rotatable bonds is 4. The number of morpholine rings is 1. The van der Waals surface area contributed by atoms with Gasteiger partial charge in [-0.15, -0.1) is 0 Å². The number of carbonyl (C=O) groups is 2. The first kappa shape index (κ1) is 16.2. The molecule has 23 heavy (non-hydrogen) atoms. The molecule has 2 saturated heterocycles. The number of carbonyl (C=O) groups excluding carboxylic acids is 1. The molecule has 7 nitrogen and oxygen atoms in total. The van der Waals surface area contributed by atoms with Crippen molar-refractivity contribution in [2.75, 3.05) is 19.8 Å². The second-order valence-corrected chi connectivity index (χ2v) is 6.36. The van der Waals surface area contributed by atoms with E-state index in [4.69, 9.17) is 4.74 Å². The predicted octanol–water partition coefficient (Wildman–Crippen LogP) is -0.129. The number of hydrogen-bond acceptors (Lipinski definition) is 5. The van der Waals surface area contributed by atoms with Gasteiger partial charge in [0.25, 0.3) is 0 Å². The van der Waals surface area contributed by atoms with Crippen molar-refractivity contribution in [3.8, 4) is 0 Å². The molecule has 0 radical (unpaired) electrons. The van der Waals surface area contributed by atoms with E-state index in [1.807, 2.05) is 13.0 Å². The van der Waals surface area contributed by atoms with Gasteiger partial charge in [-0.2, -0.15) is 0 Å². The summed E-state index contributed by atoms with van der Waals surface area (Å²) in [6.07, 6.45) is 1.67. The third-order valence-electron chi connectivity index (χ3n) is 4.81. The number of hydrogen-bond donors (Lipinski definition) is 3. The number of amides is 1. The van der Waals surface area contributed by atoms with Gasteiger partial charge in [-0.05, 0) is 31.4 Å². The second-order valence-electron chi connectivity index (χ2n) is 6.36. The Labute approximate surface area is 134 Å². The SMILES string of the molecule is CC(=C[C@@H]1COCCN1)C1=C(C(=O)O)N2C(=O)[C@H]([C@@H](C)O)[C@H]2C1. The van der Waals surface area contributed by atoms with Gasteiger partial charge in [0.1, 0.15) is 5.70 Å². The summed E-state index contributed by atoms with van der Waals surface area (Å²) in [5, 5.41) is 22.6. The van der Waals surface area contributed by atoms with Gasteiger partial charge in [0.2, 0.25) is 5.91 Å². The van der Waals surface area contributed by atoms with Gasteiger partial charge in [-0.25, -0.2) is 4.79 Å². The van der Waals surface area contributed by atoms with Crippen LogP contribution in [0.1, 0.15) is 20.3 Å². The van der Waals surface area contributed by atoms with Crippen LogP contribution in [0.15, 0.2) is 22.9 Å². The minimum atomic E-state index is -1.10. The van der Waals surface area contributed by atoms with Crippen LogP contribution in [0.2, 0.25) is 0 Å². The minimum absolute atomic E-state index is 0.0443. The lowest BCUT2D eigenvalue weighted by atomic mass is 9.82. The topological polar surface area (TPSA) is 99.1 Å². The largest absolute Gasteiger partial charge is 0.477 e. The highest BCUT2D eigenvalue weighted by atomic mass is 16.5. The number of carboxylic acid groups (broad SMARTS) is 1. The number of allylic oxidation sites excluding steroid dienone is 1. The molecular formula is C16H22N2O5. The van der Waals surface area contributed by atoms with Crippen molar-refractivity contribution in [1.29, 1.82) is 0 Å². The van der Waals surface area contributed by atoms with E-state index >= 15 is 0 Å². The van der Waals surface area contributed by atoms with Gasteiger partial charge in [0.15, 0.2) is 0 Å². The number of aliphatic hydroxyl groups excluding tert-OH is 1. The molecule has 3 rings (SSSR count). The van der Waals surface area contributed by atoms with Crippen molar-refractivity contribution in [3.05, 3.63) is 22.9 Å². The lowest BCUT2D eigenvalue weighted by Gasteiger charge is -2.44. The summed E-state index contributed by atoms with van der Waals surface area (Å²) < 4.78 is 5.40. The number of aliphatic carboxylic acids is 1. The van der Waals surface area contributed by atoms with Crippen molar-refractivity contribution in [2.24, 2.45) is 5.92 Å². The highest BCUT2D eigenvalue weighted by Crippen LogP contribution is 2.45. The zero-order chi connectivity index (χ0) is 16.7. The second kappa shape index (κ2) is 6.07. The molecule has 0 aliphatic carbocycles. The monoisotopic (exact) mass is 322 g/mol. The Morgan fingerprint density at radius 3 is 2.83 bits per heavy atom. The molecule has 2 fully saturated rings. The van der Waals surface area contributed by atoms with Crippen molar-refractivity contribution in [1.82, 2.24) is 10.2 Å². The van der Waals surface area contributed by atoms with E-state index in [9.17, 15) is 19.8 Å². The molecule has 126 valence electrons. The zero-order valence-electron chi connectivity index (χ0n) is 13.3. The smallest absolute Gasteiger partial charge is 0.352 e.